The van der Waals surface area contributed by atoms with Crippen LogP contribution in [0.15, 0.2) is 18.2 Å². The Morgan fingerprint density at radius 2 is 2.25 bits per heavy atom. The smallest absolute Gasteiger partial charge is 0.423 e. The molecule has 0 aromatic heterocycles. The minimum absolute atomic E-state index is 0.215. The van der Waals surface area contributed by atoms with Gasteiger partial charge in [0, 0.05) is 0 Å². The van der Waals surface area contributed by atoms with Gasteiger partial charge in [0.2, 0.25) is 0 Å². The van der Waals surface area contributed by atoms with Crippen molar-refractivity contribution in [3.63, 3.8) is 0 Å². The Hall–Kier alpha value is -0.730. The Labute approximate surface area is 98.4 Å². The molecule has 1 N–H and O–H groups in total. The molecule has 16 heavy (non-hydrogen) atoms. The molecule has 2 nitrogen and oxygen atoms in total. The molecule has 1 radical (unpaired) electrons. The largest absolute Gasteiger partial charge is 0.491 e. The van der Waals surface area contributed by atoms with Crippen molar-refractivity contribution in [2.75, 3.05) is 0 Å². The number of hydrogen-bond acceptors (Lipinski definition) is 2. The highest BCUT2D eigenvalue weighted by molar-refractivity contribution is 6.62. The van der Waals surface area contributed by atoms with E-state index < -0.39 is 7.12 Å². The van der Waals surface area contributed by atoms with E-state index >= 15 is 0 Å². The topological polar surface area (TPSA) is 29.5 Å². The normalized spacial score (nSPS) is 15.1. The molecule has 0 aliphatic carbocycles. The van der Waals surface area contributed by atoms with Crippen LogP contribution in [0.25, 0.3) is 0 Å². The van der Waals surface area contributed by atoms with Gasteiger partial charge in [-0.05, 0) is 11.0 Å². The van der Waals surface area contributed by atoms with Crippen LogP contribution in [0.4, 0.5) is 0 Å². The average Bonchev–Trinajstić information content (AvgIpc) is 2.60. The number of rotatable bonds is 3. The lowest BCUT2D eigenvalue weighted by Crippen LogP contribution is -2.31. The maximum Gasteiger partial charge on any atom is 0.491 e. The molecule has 1 aromatic rings. The van der Waals surface area contributed by atoms with E-state index in [0.29, 0.717) is 6.61 Å². The fourth-order valence-corrected chi connectivity index (χ4v) is 1.89. The standard InChI is InChI=1S/C12H17B2O2/c1-4-12(2,3)13-10-5-6-11-9(7-10)8-16-14(11)15/h5-7,15H,4,8H2,1-3H3. The van der Waals surface area contributed by atoms with Crippen molar-refractivity contribution in [3.8, 4) is 0 Å². The molecule has 83 valence electrons. The Balaban J connectivity index is 2.20. The maximum atomic E-state index is 9.52. The highest BCUT2D eigenvalue weighted by Gasteiger charge is 2.27. The molecule has 0 fully saturated rings. The summed E-state index contributed by atoms with van der Waals surface area (Å²) in [5.41, 5.74) is 3.22. The lowest BCUT2D eigenvalue weighted by atomic mass is 9.49. The minimum atomic E-state index is -0.733. The molecule has 0 spiro atoms. The Morgan fingerprint density at radius 3 is 2.94 bits per heavy atom. The van der Waals surface area contributed by atoms with Gasteiger partial charge in [-0.25, -0.2) is 0 Å². The summed E-state index contributed by atoms with van der Waals surface area (Å²) in [6.45, 7) is 7.17. The molecule has 2 rings (SSSR count). The van der Waals surface area contributed by atoms with Crippen LogP contribution in [0.2, 0.25) is 5.31 Å². The summed E-state index contributed by atoms with van der Waals surface area (Å²) < 4.78 is 5.18. The van der Waals surface area contributed by atoms with Gasteiger partial charge in [0.15, 0.2) is 7.28 Å². The van der Waals surface area contributed by atoms with Gasteiger partial charge < -0.3 is 9.68 Å². The number of hydrogen-bond donors (Lipinski definition) is 1. The van der Waals surface area contributed by atoms with E-state index in [-0.39, 0.29) is 5.31 Å². The SMILES string of the molecule is CCC(C)(C)[B]c1ccc2c(c1)COB2O. The van der Waals surface area contributed by atoms with Crippen LogP contribution >= 0.6 is 0 Å². The van der Waals surface area contributed by atoms with E-state index in [9.17, 15) is 5.02 Å². The zero-order valence-electron chi connectivity index (χ0n) is 10.2. The second-order valence-electron chi connectivity index (χ2n) is 5.11. The van der Waals surface area contributed by atoms with Crippen LogP contribution in [-0.2, 0) is 11.3 Å². The van der Waals surface area contributed by atoms with Crippen molar-refractivity contribution in [1.29, 1.82) is 0 Å². The second kappa shape index (κ2) is 4.27. The van der Waals surface area contributed by atoms with Gasteiger partial charge in [-0.3, -0.25) is 0 Å². The van der Waals surface area contributed by atoms with Crippen LogP contribution in [0, 0.1) is 0 Å². The molecule has 0 unspecified atom stereocenters. The third-order valence-electron chi connectivity index (χ3n) is 3.30. The first-order chi connectivity index (χ1) is 7.52. The second-order valence-corrected chi connectivity index (χ2v) is 5.11. The summed E-state index contributed by atoms with van der Waals surface area (Å²) in [6, 6.07) is 6.13. The van der Waals surface area contributed by atoms with E-state index in [1.807, 2.05) is 12.1 Å². The van der Waals surface area contributed by atoms with Crippen molar-refractivity contribution in [3.05, 3.63) is 23.8 Å². The molecule has 4 heteroatoms. The quantitative estimate of drug-likeness (QED) is 0.757. The molecule has 1 heterocycles. The molecule has 0 atom stereocenters. The van der Waals surface area contributed by atoms with E-state index in [1.165, 1.54) is 5.46 Å². The molecular formula is C12H17B2O2. The minimum Gasteiger partial charge on any atom is -0.423 e. The Kier molecular flexibility index (Phi) is 3.13. The van der Waals surface area contributed by atoms with Gasteiger partial charge >= 0.3 is 7.12 Å². The zero-order chi connectivity index (χ0) is 11.8. The molecule has 0 bridgehead atoms. The van der Waals surface area contributed by atoms with Crippen molar-refractivity contribution in [1.82, 2.24) is 0 Å². The third-order valence-corrected chi connectivity index (χ3v) is 3.30. The monoisotopic (exact) mass is 215 g/mol. The maximum absolute atomic E-state index is 9.52. The van der Waals surface area contributed by atoms with Gasteiger partial charge in [-0.15, -0.1) is 0 Å². The Morgan fingerprint density at radius 1 is 1.50 bits per heavy atom. The highest BCUT2D eigenvalue weighted by atomic mass is 16.5. The molecule has 1 aliphatic heterocycles. The summed E-state index contributed by atoms with van der Waals surface area (Å²) in [5, 5.41) is 9.73. The van der Waals surface area contributed by atoms with Crippen molar-refractivity contribution < 1.29 is 9.68 Å². The predicted molar refractivity (Wildman–Crippen MR) is 68.6 cm³/mol. The summed E-state index contributed by atoms with van der Waals surface area (Å²) in [4.78, 5) is 0. The van der Waals surface area contributed by atoms with Crippen LogP contribution in [0.3, 0.4) is 0 Å². The van der Waals surface area contributed by atoms with Gasteiger partial charge in [0.25, 0.3) is 0 Å². The van der Waals surface area contributed by atoms with Gasteiger partial charge in [0.05, 0.1) is 6.61 Å². The number of benzene rings is 1. The zero-order valence-corrected chi connectivity index (χ0v) is 10.2. The fourth-order valence-electron chi connectivity index (χ4n) is 1.89. The fraction of sp³-hybridized carbons (Fsp3) is 0.500. The predicted octanol–water partition coefficient (Wildman–Crippen LogP) is 0.842. The van der Waals surface area contributed by atoms with E-state index in [4.69, 9.17) is 4.65 Å². The summed E-state index contributed by atoms with van der Waals surface area (Å²) in [7, 11) is 1.54. The van der Waals surface area contributed by atoms with Gasteiger partial charge in [-0.1, -0.05) is 56.2 Å². The van der Waals surface area contributed by atoms with Crippen LogP contribution < -0.4 is 10.9 Å². The summed E-state index contributed by atoms with van der Waals surface area (Å²) >= 11 is 0. The van der Waals surface area contributed by atoms with Crippen molar-refractivity contribution in [2.45, 2.75) is 39.1 Å². The van der Waals surface area contributed by atoms with Crippen molar-refractivity contribution in [2.24, 2.45) is 0 Å². The van der Waals surface area contributed by atoms with Crippen molar-refractivity contribution >= 4 is 25.3 Å². The van der Waals surface area contributed by atoms with Crippen LogP contribution in [-0.4, -0.2) is 19.4 Å². The first-order valence-corrected chi connectivity index (χ1v) is 5.80. The van der Waals surface area contributed by atoms with Gasteiger partial charge in [-0.2, -0.15) is 0 Å². The van der Waals surface area contributed by atoms with Gasteiger partial charge in [0.1, 0.15) is 0 Å². The Bertz CT molecular complexity index is 391. The lowest BCUT2D eigenvalue weighted by Gasteiger charge is -2.21. The first kappa shape index (κ1) is 11.7. The molecule has 0 saturated carbocycles. The summed E-state index contributed by atoms with van der Waals surface area (Å²) in [6.07, 6.45) is 1.11. The van der Waals surface area contributed by atoms with Crippen LogP contribution in [0.1, 0.15) is 32.8 Å². The average molecular weight is 215 g/mol. The van der Waals surface area contributed by atoms with Crippen LogP contribution in [0.5, 0.6) is 0 Å². The first-order valence-electron chi connectivity index (χ1n) is 5.80. The van der Waals surface area contributed by atoms with E-state index in [2.05, 4.69) is 34.1 Å². The number of fused-ring (bicyclic) bond motifs is 1. The molecule has 0 saturated heterocycles. The van der Waals surface area contributed by atoms with E-state index in [1.54, 1.807) is 0 Å². The third kappa shape index (κ3) is 2.33. The molecule has 1 aromatic carbocycles. The highest BCUT2D eigenvalue weighted by Crippen LogP contribution is 2.26. The molecule has 0 amide bonds. The molecular weight excluding hydrogens is 198 g/mol. The summed E-state index contributed by atoms with van der Waals surface area (Å²) in [5.74, 6) is 0. The molecule has 1 aliphatic rings. The van der Waals surface area contributed by atoms with E-state index in [0.717, 1.165) is 17.4 Å². The lowest BCUT2D eigenvalue weighted by molar-refractivity contribution is 0.275.